The maximum absolute atomic E-state index is 13.1. The van der Waals surface area contributed by atoms with Crippen LogP contribution in [0.15, 0.2) is 48.5 Å². The van der Waals surface area contributed by atoms with E-state index in [4.69, 9.17) is 5.26 Å². The molecule has 0 saturated carbocycles. The Bertz CT molecular complexity index is 806. The molecule has 1 unspecified atom stereocenters. The Morgan fingerprint density at radius 3 is 2.21 bits per heavy atom. The van der Waals surface area contributed by atoms with Crippen LogP contribution in [0.3, 0.4) is 0 Å². The summed E-state index contributed by atoms with van der Waals surface area (Å²) in [5, 5.41) is 9.02. The van der Waals surface area contributed by atoms with Crippen LogP contribution in [0.4, 0.5) is 4.39 Å². The standard InChI is InChI=1S/C22H24FN3O.CH5N/c1-25-12-14-26(15-13-25)22(19-7-2-18(16-24)3-8-19)21(27)11-6-17-4-9-20(23)10-5-17;1-2/h2-5,7-10,22H,6,11-15H2,1H3;2H2,1H3. The van der Waals surface area contributed by atoms with Crippen molar-refractivity contribution in [3.05, 3.63) is 71.0 Å². The molecule has 6 heteroatoms. The Labute approximate surface area is 172 Å². The van der Waals surface area contributed by atoms with Crippen molar-refractivity contribution in [3.63, 3.8) is 0 Å². The lowest BCUT2D eigenvalue weighted by Gasteiger charge is -2.37. The Morgan fingerprint density at radius 1 is 1.07 bits per heavy atom. The molecule has 1 fully saturated rings. The number of nitrogens with two attached hydrogens (primary N) is 1. The number of carbonyl (C=O) groups is 1. The molecule has 5 nitrogen and oxygen atoms in total. The monoisotopic (exact) mass is 396 g/mol. The van der Waals surface area contributed by atoms with E-state index in [1.165, 1.54) is 19.2 Å². The minimum absolute atomic E-state index is 0.161. The van der Waals surface area contributed by atoms with Crippen molar-refractivity contribution in [3.8, 4) is 6.07 Å². The van der Waals surface area contributed by atoms with E-state index in [-0.39, 0.29) is 17.6 Å². The number of hydrogen-bond acceptors (Lipinski definition) is 5. The van der Waals surface area contributed by atoms with E-state index in [1.54, 1.807) is 24.3 Å². The summed E-state index contributed by atoms with van der Waals surface area (Å²) in [6.07, 6.45) is 1.00. The summed E-state index contributed by atoms with van der Waals surface area (Å²) in [7, 11) is 3.59. The van der Waals surface area contributed by atoms with Crippen LogP contribution in [0.5, 0.6) is 0 Å². The van der Waals surface area contributed by atoms with Crippen LogP contribution < -0.4 is 5.73 Å². The highest BCUT2D eigenvalue weighted by Crippen LogP contribution is 2.25. The zero-order valence-corrected chi connectivity index (χ0v) is 17.1. The normalized spacial score (nSPS) is 15.7. The lowest BCUT2D eigenvalue weighted by molar-refractivity contribution is -0.125. The van der Waals surface area contributed by atoms with Crippen LogP contribution in [0, 0.1) is 17.1 Å². The third kappa shape index (κ3) is 6.47. The molecule has 2 aromatic rings. The van der Waals surface area contributed by atoms with E-state index in [2.05, 4.69) is 28.7 Å². The molecule has 1 saturated heterocycles. The first-order valence-corrected chi connectivity index (χ1v) is 9.84. The number of aryl methyl sites for hydroxylation is 1. The predicted molar refractivity (Wildman–Crippen MR) is 113 cm³/mol. The maximum Gasteiger partial charge on any atom is 0.154 e. The highest BCUT2D eigenvalue weighted by atomic mass is 19.1. The van der Waals surface area contributed by atoms with Gasteiger partial charge in [0.05, 0.1) is 17.7 Å². The summed E-state index contributed by atoms with van der Waals surface area (Å²) >= 11 is 0. The van der Waals surface area contributed by atoms with Crippen LogP contribution >= 0.6 is 0 Å². The van der Waals surface area contributed by atoms with Gasteiger partial charge in [-0.25, -0.2) is 4.39 Å². The molecule has 1 aliphatic heterocycles. The first-order valence-electron chi connectivity index (χ1n) is 9.84. The number of likely N-dealkylation sites (N-methyl/N-ethyl adjacent to an activating group) is 1. The molecule has 0 aliphatic carbocycles. The molecule has 1 aliphatic rings. The van der Waals surface area contributed by atoms with E-state index in [0.717, 1.165) is 37.3 Å². The fourth-order valence-corrected chi connectivity index (χ4v) is 3.48. The number of halogens is 1. The molecule has 0 bridgehead atoms. The first-order chi connectivity index (χ1) is 14.1. The van der Waals surface area contributed by atoms with Crippen LogP contribution in [0.25, 0.3) is 0 Å². The van der Waals surface area contributed by atoms with Gasteiger partial charge in [0.25, 0.3) is 0 Å². The van der Waals surface area contributed by atoms with Crippen LogP contribution in [0.1, 0.15) is 29.2 Å². The quantitative estimate of drug-likeness (QED) is 0.813. The lowest BCUT2D eigenvalue weighted by Crippen LogP contribution is -2.47. The van der Waals surface area contributed by atoms with E-state index in [0.29, 0.717) is 18.4 Å². The molecule has 2 aromatic carbocycles. The Balaban J connectivity index is 0.00000145. The average molecular weight is 397 g/mol. The molecule has 0 spiro atoms. The fourth-order valence-electron chi connectivity index (χ4n) is 3.48. The van der Waals surface area contributed by atoms with E-state index < -0.39 is 0 Å². The topological polar surface area (TPSA) is 73.4 Å². The molecule has 3 rings (SSSR count). The number of rotatable bonds is 6. The summed E-state index contributed by atoms with van der Waals surface area (Å²) < 4.78 is 13.1. The smallest absolute Gasteiger partial charge is 0.154 e. The minimum atomic E-state index is -0.299. The molecular weight excluding hydrogens is 367 g/mol. The molecule has 0 aromatic heterocycles. The summed E-state index contributed by atoms with van der Waals surface area (Å²) in [5.74, 6) is -0.105. The van der Waals surface area contributed by atoms with Crippen molar-refractivity contribution >= 4 is 5.78 Å². The Morgan fingerprint density at radius 2 is 1.66 bits per heavy atom. The van der Waals surface area contributed by atoms with Crippen molar-refractivity contribution in [2.45, 2.75) is 18.9 Å². The van der Waals surface area contributed by atoms with Gasteiger partial charge in [-0.05, 0) is 55.9 Å². The highest BCUT2D eigenvalue weighted by Gasteiger charge is 2.29. The third-order valence-corrected chi connectivity index (χ3v) is 5.14. The van der Waals surface area contributed by atoms with Crippen LogP contribution in [-0.2, 0) is 11.2 Å². The van der Waals surface area contributed by atoms with E-state index in [1.807, 2.05) is 12.1 Å². The highest BCUT2D eigenvalue weighted by molar-refractivity contribution is 5.85. The van der Waals surface area contributed by atoms with Crippen molar-refractivity contribution in [2.24, 2.45) is 5.73 Å². The van der Waals surface area contributed by atoms with Gasteiger partial charge in [0.2, 0.25) is 0 Å². The Hall–Kier alpha value is -2.59. The number of Topliss-reactive ketones (excluding diaryl/α,β-unsaturated/α-hetero) is 1. The number of nitrogens with zero attached hydrogens (tertiary/aromatic N) is 3. The molecule has 0 radical (unpaired) electrons. The SMILES string of the molecule is CN.CN1CCN(C(C(=O)CCc2ccc(F)cc2)c2ccc(C#N)cc2)CC1. The summed E-state index contributed by atoms with van der Waals surface area (Å²) in [6.45, 7) is 3.53. The molecule has 29 heavy (non-hydrogen) atoms. The van der Waals surface area contributed by atoms with E-state index >= 15 is 0 Å². The van der Waals surface area contributed by atoms with Gasteiger partial charge in [-0.1, -0.05) is 24.3 Å². The second kappa shape index (κ2) is 11.4. The van der Waals surface area contributed by atoms with Gasteiger partial charge in [0, 0.05) is 32.6 Å². The van der Waals surface area contributed by atoms with Gasteiger partial charge >= 0.3 is 0 Å². The second-order valence-electron chi connectivity index (χ2n) is 7.07. The summed E-state index contributed by atoms with van der Waals surface area (Å²) in [4.78, 5) is 17.6. The van der Waals surface area contributed by atoms with Crippen molar-refractivity contribution in [1.29, 1.82) is 5.26 Å². The number of benzene rings is 2. The lowest BCUT2D eigenvalue weighted by atomic mass is 9.95. The van der Waals surface area contributed by atoms with E-state index in [9.17, 15) is 9.18 Å². The molecule has 2 N–H and O–H groups in total. The van der Waals surface area contributed by atoms with Gasteiger partial charge in [-0.3, -0.25) is 9.69 Å². The second-order valence-corrected chi connectivity index (χ2v) is 7.07. The number of piperazine rings is 1. The van der Waals surface area contributed by atoms with Crippen molar-refractivity contribution < 1.29 is 9.18 Å². The van der Waals surface area contributed by atoms with Gasteiger partial charge in [0.15, 0.2) is 5.78 Å². The van der Waals surface area contributed by atoms with Gasteiger partial charge in [-0.2, -0.15) is 5.26 Å². The molecule has 1 heterocycles. The van der Waals surface area contributed by atoms with Gasteiger partial charge < -0.3 is 10.6 Å². The van der Waals surface area contributed by atoms with Crippen LogP contribution in [-0.4, -0.2) is 55.9 Å². The van der Waals surface area contributed by atoms with Gasteiger partial charge in [0.1, 0.15) is 5.82 Å². The predicted octanol–water partition coefficient (Wildman–Crippen LogP) is 2.76. The largest absolute Gasteiger partial charge is 0.333 e. The number of hydrogen-bond donors (Lipinski definition) is 1. The van der Waals surface area contributed by atoms with Crippen LogP contribution in [0.2, 0.25) is 0 Å². The maximum atomic E-state index is 13.1. The van der Waals surface area contributed by atoms with Gasteiger partial charge in [-0.15, -0.1) is 0 Å². The summed E-state index contributed by atoms with van der Waals surface area (Å²) in [6, 6.07) is 15.5. The van der Waals surface area contributed by atoms with Crippen molar-refractivity contribution in [2.75, 3.05) is 40.3 Å². The molecule has 154 valence electrons. The molecule has 0 amide bonds. The summed E-state index contributed by atoms with van der Waals surface area (Å²) in [5.41, 5.74) is 6.99. The zero-order valence-electron chi connectivity index (χ0n) is 17.1. The average Bonchev–Trinajstić information content (AvgIpc) is 2.77. The number of nitriles is 1. The van der Waals surface area contributed by atoms with Crippen molar-refractivity contribution in [1.82, 2.24) is 9.80 Å². The zero-order chi connectivity index (χ0) is 21.2. The Kier molecular flexibility index (Phi) is 8.94. The third-order valence-electron chi connectivity index (χ3n) is 5.14. The number of ketones is 1. The minimum Gasteiger partial charge on any atom is -0.333 e. The fraction of sp³-hybridized carbons (Fsp3) is 0.391. The molecule has 1 atom stereocenters. The number of carbonyl (C=O) groups excluding carboxylic acids is 1. The molecular formula is C23H29FN4O. The first kappa shape index (κ1) is 22.7.